The standard InChI is InChI=1S/C22H23NO3S/c1-22(2,3)17-10-12-18(13-11-17)26-15-14-23-19-8-4-6-16-7-5-9-20(21(16)19)27(23,24)25/h4-13H,14-15H2,1-3H3. The number of nitrogens with zero attached hydrogens (tertiary/aromatic N) is 1. The maximum absolute atomic E-state index is 12.9. The fourth-order valence-corrected chi connectivity index (χ4v) is 5.19. The molecule has 0 bridgehead atoms. The van der Waals surface area contributed by atoms with Gasteiger partial charge in [0.05, 0.1) is 17.1 Å². The zero-order valence-corrected chi connectivity index (χ0v) is 16.6. The molecule has 0 radical (unpaired) electrons. The average molecular weight is 381 g/mol. The molecule has 140 valence electrons. The predicted octanol–water partition coefficient (Wildman–Crippen LogP) is 4.73. The van der Waals surface area contributed by atoms with Crippen molar-refractivity contribution in [3.05, 3.63) is 66.2 Å². The maximum atomic E-state index is 12.9. The van der Waals surface area contributed by atoms with E-state index in [1.54, 1.807) is 12.1 Å². The average Bonchev–Trinajstić information content (AvgIpc) is 2.85. The highest BCUT2D eigenvalue weighted by Crippen LogP contribution is 2.41. The molecule has 0 atom stereocenters. The van der Waals surface area contributed by atoms with E-state index in [4.69, 9.17) is 4.74 Å². The molecule has 4 nitrogen and oxygen atoms in total. The lowest BCUT2D eigenvalue weighted by molar-refractivity contribution is 0.328. The summed E-state index contributed by atoms with van der Waals surface area (Å²) < 4.78 is 33.1. The minimum absolute atomic E-state index is 0.0899. The molecule has 5 heteroatoms. The lowest BCUT2D eigenvalue weighted by Crippen LogP contribution is -2.31. The highest BCUT2D eigenvalue weighted by Gasteiger charge is 2.35. The first-order valence-electron chi connectivity index (χ1n) is 9.06. The first-order chi connectivity index (χ1) is 12.8. The zero-order valence-electron chi connectivity index (χ0n) is 15.8. The van der Waals surface area contributed by atoms with E-state index in [1.807, 2.05) is 36.4 Å². The molecular formula is C22H23NO3S. The number of hydrogen-bond acceptors (Lipinski definition) is 3. The summed E-state index contributed by atoms with van der Waals surface area (Å²) in [6.07, 6.45) is 0. The Balaban J connectivity index is 1.52. The number of rotatable bonds is 4. The van der Waals surface area contributed by atoms with E-state index in [-0.39, 0.29) is 12.0 Å². The third kappa shape index (κ3) is 3.06. The lowest BCUT2D eigenvalue weighted by atomic mass is 9.87. The van der Waals surface area contributed by atoms with Gasteiger partial charge in [0.25, 0.3) is 10.0 Å². The van der Waals surface area contributed by atoms with Crippen molar-refractivity contribution in [3.63, 3.8) is 0 Å². The summed E-state index contributed by atoms with van der Waals surface area (Å²) in [5.74, 6) is 0.746. The van der Waals surface area contributed by atoms with Crippen LogP contribution in [0.1, 0.15) is 26.3 Å². The number of benzene rings is 3. The molecule has 0 aliphatic carbocycles. The summed E-state index contributed by atoms with van der Waals surface area (Å²) in [5, 5.41) is 1.74. The molecule has 1 aliphatic heterocycles. The molecule has 0 unspecified atom stereocenters. The van der Waals surface area contributed by atoms with Crippen molar-refractivity contribution in [2.45, 2.75) is 31.1 Å². The first-order valence-corrected chi connectivity index (χ1v) is 10.5. The molecule has 3 aromatic rings. The van der Waals surface area contributed by atoms with Gasteiger partial charge in [-0.2, -0.15) is 0 Å². The van der Waals surface area contributed by atoms with Crippen LogP contribution in [0.25, 0.3) is 10.8 Å². The van der Waals surface area contributed by atoms with E-state index >= 15 is 0 Å². The highest BCUT2D eigenvalue weighted by atomic mass is 32.2. The van der Waals surface area contributed by atoms with Crippen molar-refractivity contribution < 1.29 is 13.2 Å². The van der Waals surface area contributed by atoms with Gasteiger partial charge >= 0.3 is 0 Å². The first kappa shape index (κ1) is 17.9. The van der Waals surface area contributed by atoms with Crippen LogP contribution in [0.2, 0.25) is 0 Å². The van der Waals surface area contributed by atoms with Gasteiger partial charge in [0.1, 0.15) is 12.4 Å². The molecule has 0 N–H and O–H groups in total. The third-order valence-electron chi connectivity index (χ3n) is 4.96. The lowest BCUT2D eigenvalue weighted by Gasteiger charge is -2.20. The molecule has 4 rings (SSSR count). The summed E-state index contributed by atoms with van der Waals surface area (Å²) >= 11 is 0. The molecule has 0 spiro atoms. The summed E-state index contributed by atoms with van der Waals surface area (Å²) in [6.45, 7) is 7.06. The molecule has 1 aliphatic rings. The predicted molar refractivity (Wildman–Crippen MR) is 109 cm³/mol. The van der Waals surface area contributed by atoms with Crippen LogP contribution in [0.5, 0.6) is 5.75 Å². The van der Waals surface area contributed by atoms with Gasteiger partial charge in [-0.15, -0.1) is 0 Å². The van der Waals surface area contributed by atoms with E-state index in [2.05, 4.69) is 32.9 Å². The zero-order chi connectivity index (χ0) is 19.2. The normalized spacial score (nSPS) is 15.3. The molecule has 0 fully saturated rings. The smallest absolute Gasteiger partial charge is 0.265 e. The number of hydrogen-bond donors (Lipinski definition) is 0. The van der Waals surface area contributed by atoms with E-state index in [0.717, 1.165) is 22.2 Å². The summed E-state index contributed by atoms with van der Waals surface area (Å²) in [6, 6.07) is 19.1. The van der Waals surface area contributed by atoms with E-state index in [9.17, 15) is 8.42 Å². The van der Waals surface area contributed by atoms with E-state index < -0.39 is 10.0 Å². The van der Waals surface area contributed by atoms with E-state index in [0.29, 0.717) is 11.5 Å². The largest absolute Gasteiger partial charge is 0.492 e. The number of ether oxygens (including phenoxy) is 1. The van der Waals surface area contributed by atoms with Gasteiger partial charge in [-0.05, 0) is 40.6 Å². The SMILES string of the molecule is CC(C)(C)c1ccc(OCCN2c3cccc4cccc(c34)S2(=O)=O)cc1. The minimum atomic E-state index is -3.53. The Hall–Kier alpha value is -2.53. The summed E-state index contributed by atoms with van der Waals surface area (Å²) in [7, 11) is -3.53. The van der Waals surface area contributed by atoms with Gasteiger partial charge in [0.15, 0.2) is 0 Å². The quantitative estimate of drug-likeness (QED) is 0.657. The van der Waals surface area contributed by atoms with Crippen LogP contribution >= 0.6 is 0 Å². The Morgan fingerprint density at radius 3 is 2.26 bits per heavy atom. The van der Waals surface area contributed by atoms with Crippen LogP contribution in [0.3, 0.4) is 0 Å². The molecular weight excluding hydrogens is 358 g/mol. The van der Waals surface area contributed by atoms with Gasteiger partial charge in [-0.3, -0.25) is 4.31 Å². The van der Waals surface area contributed by atoms with Crippen molar-refractivity contribution in [2.24, 2.45) is 0 Å². The molecule has 0 aromatic heterocycles. The topological polar surface area (TPSA) is 46.6 Å². The van der Waals surface area contributed by atoms with Gasteiger partial charge in [0.2, 0.25) is 0 Å². The highest BCUT2D eigenvalue weighted by molar-refractivity contribution is 7.93. The van der Waals surface area contributed by atoms with Gasteiger partial charge in [-0.1, -0.05) is 57.2 Å². The summed E-state index contributed by atoms with van der Waals surface area (Å²) in [5.41, 5.74) is 2.06. The van der Waals surface area contributed by atoms with Crippen LogP contribution in [0, 0.1) is 0 Å². The Bertz CT molecular complexity index is 1090. The van der Waals surface area contributed by atoms with Crippen LogP contribution in [0.4, 0.5) is 5.69 Å². The van der Waals surface area contributed by atoms with Gasteiger partial charge < -0.3 is 4.74 Å². The molecule has 3 aromatic carbocycles. The number of anilines is 1. The fourth-order valence-electron chi connectivity index (χ4n) is 3.50. The Morgan fingerprint density at radius 1 is 0.926 bits per heavy atom. The third-order valence-corrected chi connectivity index (χ3v) is 6.82. The van der Waals surface area contributed by atoms with E-state index in [1.165, 1.54) is 9.87 Å². The molecule has 0 saturated carbocycles. The Morgan fingerprint density at radius 2 is 1.59 bits per heavy atom. The van der Waals surface area contributed by atoms with Gasteiger partial charge in [0, 0.05) is 5.39 Å². The van der Waals surface area contributed by atoms with Crippen molar-refractivity contribution in [2.75, 3.05) is 17.5 Å². The second kappa shape index (κ2) is 6.27. The van der Waals surface area contributed by atoms with Crippen molar-refractivity contribution in [1.82, 2.24) is 0 Å². The van der Waals surface area contributed by atoms with Crippen LogP contribution < -0.4 is 9.04 Å². The van der Waals surface area contributed by atoms with Gasteiger partial charge in [-0.25, -0.2) is 8.42 Å². The van der Waals surface area contributed by atoms with Crippen molar-refractivity contribution >= 4 is 26.5 Å². The van der Waals surface area contributed by atoms with Crippen LogP contribution in [-0.4, -0.2) is 21.6 Å². The van der Waals surface area contributed by atoms with Crippen molar-refractivity contribution in [1.29, 1.82) is 0 Å². The summed E-state index contributed by atoms with van der Waals surface area (Å²) in [4.78, 5) is 0.380. The molecule has 0 saturated heterocycles. The minimum Gasteiger partial charge on any atom is -0.492 e. The second-order valence-electron chi connectivity index (χ2n) is 7.83. The maximum Gasteiger partial charge on any atom is 0.265 e. The molecule has 0 amide bonds. The number of sulfonamides is 1. The Kier molecular flexibility index (Phi) is 4.15. The monoisotopic (exact) mass is 381 g/mol. The second-order valence-corrected chi connectivity index (χ2v) is 9.66. The van der Waals surface area contributed by atoms with Crippen molar-refractivity contribution in [3.8, 4) is 5.75 Å². The molecule has 1 heterocycles. The Labute approximate surface area is 160 Å². The van der Waals surface area contributed by atoms with Crippen LogP contribution in [-0.2, 0) is 15.4 Å². The fraction of sp³-hybridized carbons (Fsp3) is 0.273. The molecule has 27 heavy (non-hydrogen) atoms. The van der Waals surface area contributed by atoms with Crippen LogP contribution in [0.15, 0.2) is 65.6 Å².